The lowest BCUT2D eigenvalue weighted by molar-refractivity contribution is 0.0749. The first-order valence-corrected chi connectivity index (χ1v) is 6.52. The van der Waals surface area contributed by atoms with E-state index < -0.39 is 6.10 Å². The van der Waals surface area contributed by atoms with Crippen LogP contribution >= 0.6 is 0 Å². The van der Waals surface area contributed by atoms with Gasteiger partial charge in [-0.15, -0.1) is 0 Å². The molecule has 1 atom stereocenters. The van der Waals surface area contributed by atoms with Gasteiger partial charge in [0.05, 0.1) is 0 Å². The standard InChI is InChI=1S/C18H14O2/c19-17(14-8-2-1-3-9-14)18(20)16-12-6-10-13-7-4-5-11-15(13)16/h1-12,17,19H. The summed E-state index contributed by atoms with van der Waals surface area (Å²) in [5.41, 5.74) is 1.17. The quantitative estimate of drug-likeness (QED) is 0.730. The van der Waals surface area contributed by atoms with Crippen LogP contribution in [0.15, 0.2) is 72.8 Å². The summed E-state index contributed by atoms with van der Waals surface area (Å²) in [5.74, 6) is -0.270. The average Bonchev–Trinajstić information content (AvgIpc) is 2.54. The van der Waals surface area contributed by atoms with Gasteiger partial charge in [-0.3, -0.25) is 4.79 Å². The third-order valence-electron chi connectivity index (χ3n) is 3.42. The summed E-state index contributed by atoms with van der Waals surface area (Å²) in [5, 5.41) is 12.1. The SMILES string of the molecule is O=C(c1cccc2ccccc12)C(O)c1ccccc1. The Kier molecular flexibility index (Phi) is 3.32. The molecule has 2 nitrogen and oxygen atoms in total. The van der Waals surface area contributed by atoms with E-state index in [9.17, 15) is 9.90 Å². The normalized spacial score (nSPS) is 12.2. The van der Waals surface area contributed by atoms with Crippen LogP contribution in [-0.4, -0.2) is 10.9 Å². The Balaban J connectivity index is 2.05. The number of hydrogen-bond acceptors (Lipinski definition) is 2. The Bertz CT molecular complexity index is 742. The van der Waals surface area contributed by atoms with Gasteiger partial charge in [-0.05, 0) is 16.3 Å². The first-order chi connectivity index (χ1) is 9.77. The van der Waals surface area contributed by atoms with E-state index in [0.717, 1.165) is 10.8 Å². The molecule has 3 aromatic carbocycles. The zero-order valence-electron chi connectivity index (χ0n) is 10.9. The lowest BCUT2D eigenvalue weighted by Crippen LogP contribution is -2.12. The van der Waals surface area contributed by atoms with Crippen LogP contribution in [-0.2, 0) is 0 Å². The van der Waals surface area contributed by atoms with Gasteiger partial charge in [0.15, 0.2) is 5.78 Å². The van der Waals surface area contributed by atoms with E-state index in [1.807, 2.05) is 54.6 Å². The maximum absolute atomic E-state index is 12.5. The van der Waals surface area contributed by atoms with Crippen molar-refractivity contribution in [3.8, 4) is 0 Å². The van der Waals surface area contributed by atoms with Gasteiger partial charge in [0.2, 0.25) is 0 Å². The lowest BCUT2D eigenvalue weighted by Gasteiger charge is -2.11. The second kappa shape index (κ2) is 5.27. The van der Waals surface area contributed by atoms with Crippen molar-refractivity contribution in [2.45, 2.75) is 6.10 Å². The summed E-state index contributed by atoms with van der Waals surface area (Å²) in [6.07, 6.45) is -1.12. The fourth-order valence-electron chi connectivity index (χ4n) is 2.37. The molecule has 0 spiro atoms. The van der Waals surface area contributed by atoms with Crippen LogP contribution in [0.25, 0.3) is 10.8 Å². The summed E-state index contributed by atoms with van der Waals surface area (Å²) in [4.78, 5) is 12.5. The molecule has 0 bridgehead atoms. The minimum absolute atomic E-state index is 0.270. The van der Waals surface area contributed by atoms with Crippen LogP contribution in [0, 0.1) is 0 Å². The molecule has 0 radical (unpaired) electrons. The predicted octanol–water partition coefficient (Wildman–Crippen LogP) is 3.76. The van der Waals surface area contributed by atoms with Gasteiger partial charge in [-0.1, -0.05) is 72.8 Å². The fraction of sp³-hybridized carbons (Fsp3) is 0.0556. The minimum Gasteiger partial charge on any atom is -0.380 e. The number of Topliss-reactive ketones (excluding diaryl/α,β-unsaturated/α-hetero) is 1. The van der Waals surface area contributed by atoms with Gasteiger partial charge in [0, 0.05) is 5.56 Å². The van der Waals surface area contributed by atoms with Gasteiger partial charge in [0.25, 0.3) is 0 Å². The van der Waals surface area contributed by atoms with E-state index in [4.69, 9.17) is 0 Å². The predicted molar refractivity (Wildman–Crippen MR) is 79.7 cm³/mol. The molecule has 3 aromatic rings. The van der Waals surface area contributed by atoms with E-state index in [1.54, 1.807) is 18.2 Å². The maximum Gasteiger partial charge on any atom is 0.196 e. The molecule has 0 heterocycles. The maximum atomic E-state index is 12.5. The van der Waals surface area contributed by atoms with E-state index >= 15 is 0 Å². The molecule has 0 saturated carbocycles. The molecule has 0 aliphatic heterocycles. The molecule has 0 saturated heterocycles. The van der Waals surface area contributed by atoms with Crippen LogP contribution in [0.5, 0.6) is 0 Å². The minimum atomic E-state index is -1.12. The molecule has 3 rings (SSSR count). The Morgan fingerprint density at radius 3 is 2.25 bits per heavy atom. The van der Waals surface area contributed by atoms with Crippen LogP contribution in [0.2, 0.25) is 0 Å². The smallest absolute Gasteiger partial charge is 0.196 e. The van der Waals surface area contributed by atoms with Crippen LogP contribution < -0.4 is 0 Å². The van der Waals surface area contributed by atoms with Gasteiger partial charge in [-0.2, -0.15) is 0 Å². The highest BCUT2D eigenvalue weighted by molar-refractivity contribution is 6.10. The molecular formula is C18H14O2. The second-order valence-electron chi connectivity index (χ2n) is 4.70. The number of aliphatic hydroxyl groups is 1. The average molecular weight is 262 g/mol. The molecule has 0 amide bonds. The highest BCUT2D eigenvalue weighted by Crippen LogP contribution is 2.24. The third-order valence-corrected chi connectivity index (χ3v) is 3.42. The number of ketones is 1. The molecule has 2 heteroatoms. The number of hydrogen-bond donors (Lipinski definition) is 1. The van der Waals surface area contributed by atoms with Crippen LogP contribution in [0.1, 0.15) is 22.0 Å². The molecule has 0 aliphatic rings. The number of benzene rings is 3. The highest BCUT2D eigenvalue weighted by atomic mass is 16.3. The molecule has 0 fully saturated rings. The van der Waals surface area contributed by atoms with Gasteiger partial charge >= 0.3 is 0 Å². The van der Waals surface area contributed by atoms with E-state index in [0.29, 0.717) is 11.1 Å². The number of carbonyl (C=O) groups is 1. The first kappa shape index (κ1) is 12.6. The number of rotatable bonds is 3. The summed E-state index contributed by atoms with van der Waals surface area (Å²) in [6, 6.07) is 22.3. The number of carbonyl (C=O) groups excluding carboxylic acids is 1. The van der Waals surface area contributed by atoms with Crippen molar-refractivity contribution in [3.05, 3.63) is 83.9 Å². The van der Waals surface area contributed by atoms with E-state index in [-0.39, 0.29) is 5.78 Å². The van der Waals surface area contributed by atoms with Gasteiger partial charge < -0.3 is 5.11 Å². The Morgan fingerprint density at radius 1 is 0.800 bits per heavy atom. The fourth-order valence-corrected chi connectivity index (χ4v) is 2.37. The van der Waals surface area contributed by atoms with Crippen molar-refractivity contribution in [3.63, 3.8) is 0 Å². The molecule has 0 aliphatic carbocycles. The van der Waals surface area contributed by atoms with Gasteiger partial charge in [-0.25, -0.2) is 0 Å². The zero-order valence-corrected chi connectivity index (χ0v) is 10.9. The van der Waals surface area contributed by atoms with Crippen LogP contribution in [0.3, 0.4) is 0 Å². The molecule has 1 N–H and O–H groups in total. The van der Waals surface area contributed by atoms with E-state index in [2.05, 4.69) is 0 Å². The molecule has 20 heavy (non-hydrogen) atoms. The number of fused-ring (bicyclic) bond motifs is 1. The van der Waals surface area contributed by atoms with Crippen molar-refractivity contribution in [2.75, 3.05) is 0 Å². The van der Waals surface area contributed by atoms with Crippen molar-refractivity contribution < 1.29 is 9.90 Å². The molecular weight excluding hydrogens is 248 g/mol. The Morgan fingerprint density at radius 2 is 1.45 bits per heavy atom. The van der Waals surface area contributed by atoms with Crippen molar-refractivity contribution >= 4 is 16.6 Å². The third kappa shape index (κ3) is 2.22. The molecule has 98 valence electrons. The van der Waals surface area contributed by atoms with Gasteiger partial charge in [0.1, 0.15) is 6.10 Å². The lowest BCUT2D eigenvalue weighted by atomic mass is 9.95. The first-order valence-electron chi connectivity index (χ1n) is 6.52. The topological polar surface area (TPSA) is 37.3 Å². The Labute approximate surface area is 117 Å². The highest BCUT2D eigenvalue weighted by Gasteiger charge is 2.20. The molecule has 1 unspecified atom stereocenters. The number of aliphatic hydroxyl groups excluding tert-OH is 1. The largest absolute Gasteiger partial charge is 0.380 e. The second-order valence-corrected chi connectivity index (χ2v) is 4.70. The van der Waals surface area contributed by atoms with E-state index in [1.165, 1.54) is 0 Å². The monoisotopic (exact) mass is 262 g/mol. The van der Waals surface area contributed by atoms with Crippen molar-refractivity contribution in [1.82, 2.24) is 0 Å². The summed E-state index contributed by atoms with van der Waals surface area (Å²) in [6.45, 7) is 0. The summed E-state index contributed by atoms with van der Waals surface area (Å²) in [7, 11) is 0. The summed E-state index contributed by atoms with van der Waals surface area (Å²) < 4.78 is 0. The molecule has 0 aromatic heterocycles. The zero-order chi connectivity index (χ0) is 13.9. The van der Waals surface area contributed by atoms with Crippen molar-refractivity contribution in [1.29, 1.82) is 0 Å². The van der Waals surface area contributed by atoms with Crippen LogP contribution in [0.4, 0.5) is 0 Å². The summed E-state index contributed by atoms with van der Waals surface area (Å²) >= 11 is 0. The van der Waals surface area contributed by atoms with Crippen molar-refractivity contribution in [2.24, 2.45) is 0 Å². The Hall–Kier alpha value is -2.45.